The Labute approximate surface area is 101 Å². The minimum absolute atomic E-state index is 0. The summed E-state index contributed by atoms with van der Waals surface area (Å²) < 4.78 is 0. The van der Waals surface area contributed by atoms with Crippen LogP contribution in [0.5, 0.6) is 5.75 Å². The molecule has 0 saturated heterocycles. The summed E-state index contributed by atoms with van der Waals surface area (Å²) in [5.74, 6) is -1.44. The predicted molar refractivity (Wildman–Crippen MR) is 48.0 cm³/mol. The number of para-hydroxylation sites is 1. The number of carboxylic acids is 1. The standard InChI is InChI=1S/C10H11NO3.Tc/c1-7(10(13)14)11-6-8-4-2-3-5-9(8)12;/h2-7,12H,1H3,(H,13,14);/p-2/t7-;/m0./s1/i;1+1. The third-order valence-corrected chi connectivity index (χ3v) is 1.70. The van der Waals surface area contributed by atoms with Crippen molar-refractivity contribution in [1.29, 1.82) is 0 Å². The van der Waals surface area contributed by atoms with Crippen LogP contribution in [0.4, 0.5) is 0 Å². The van der Waals surface area contributed by atoms with Gasteiger partial charge in [0.05, 0.1) is 12.0 Å². The molecule has 81 valence electrons. The van der Waals surface area contributed by atoms with E-state index < -0.39 is 12.0 Å². The van der Waals surface area contributed by atoms with Gasteiger partial charge in [0.2, 0.25) is 0 Å². The molecular formula is C10H9NO3Tc-2. The van der Waals surface area contributed by atoms with E-state index in [4.69, 9.17) is 0 Å². The van der Waals surface area contributed by atoms with E-state index in [-0.39, 0.29) is 25.9 Å². The van der Waals surface area contributed by atoms with Crippen LogP contribution in [0.15, 0.2) is 29.3 Å². The Kier molecular flexibility index (Phi) is 5.82. The van der Waals surface area contributed by atoms with Gasteiger partial charge in [-0.3, -0.25) is 4.99 Å². The Morgan fingerprint density at radius 1 is 1.47 bits per heavy atom. The molecule has 0 aliphatic heterocycles. The maximum absolute atomic E-state index is 11.1. The van der Waals surface area contributed by atoms with Gasteiger partial charge in [0.1, 0.15) is 0 Å². The average molecular weight is 290 g/mol. The number of carbonyl (C=O) groups excluding carboxylic acids is 1. The quantitative estimate of drug-likeness (QED) is 0.692. The Bertz CT molecular complexity index is 365. The second kappa shape index (κ2) is 6.32. The number of carboxylic acid groups (broad SMARTS) is 1. The first-order chi connectivity index (χ1) is 6.61. The maximum Gasteiger partial charge on any atom is 0.0865 e. The van der Waals surface area contributed by atoms with Crippen LogP contribution in [-0.2, 0) is 24.9 Å². The molecule has 0 aromatic heterocycles. The van der Waals surface area contributed by atoms with E-state index in [1.54, 1.807) is 18.2 Å². The molecule has 1 rings (SSSR count). The Morgan fingerprint density at radius 3 is 2.60 bits per heavy atom. The molecule has 4 nitrogen and oxygen atoms in total. The van der Waals surface area contributed by atoms with E-state index in [1.807, 2.05) is 0 Å². The SMILES string of the molecule is C[C@H](N=Cc1ccccc1[O-])C(=O)[O-].[99Tc]. The van der Waals surface area contributed by atoms with Crippen LogP contribution >= 0.6 is 0 Å². The van der Waals surface area contributed by atoms with Gasteiger partial charge in [-0.1, -0.05) is 24.3 Å². The number of aliphatic carboxylic acids is 1. The summed E-state index contributed by atoms with van der Waals surface area (Å²) >= 11 is 0. The number of nitrogens with zero attached hydrogens (tertiary/aromatic N) is 1. The number of carbonyl (C=O) groups is 1. The molecule has 1 radical (unpaired) electrons. The molecule has 0 aliphatic carbocycles. The minimum atomic E-state index is -1.26. The molecule has 0 unspecified atom stereocenters. The normalized spacial score (nSPS) is 12.1. The Morgan fingerprint density at radius 2 is 2.07 bits per heavy atom. The van der Waals surface area contributed by atoms with E-state index in [2.05, 4.69) is 4.99 Å². The second-order valence-corrected chi connectivity index (χ2v) is 2.81. The van der Waals surface area contributed by atoms with Gasteiger partial charge in [0.15, 0.2) is 0 Å². The maximum atomic E-state index is 11.1. The molecule has 0 N–H and O–H groups in total. The van der Waals surface area contributed by atoms with Crippen LogP contribution in [0.25, 0.3) is 0 Å². The fraction of sp³-hybridized carbons (Fsp3) is 0.200. The third kappa shape index (κ3) is 4.23. The van der Waals surface area contributed by atoms with Gasteiger partial charge >= 0.3 is 0 Å². The Balaban J connectivity index is 0.00000196. The number of rotatable bonds is 3. The molecule has 1 aromatic carbocycles. The zero-order valence-corrected chi connectivity index (χ0v) is 9.87. The first-order valence-electron chi connectivity index (χ1n) is 4.11. The molecule has 15 heavy (non-hydrogen) atoms. The largest absolute Gasteiger partial charge is 0.872 e. The van der Waals surface area contributed by atoms with Crippen molar-refractivity contribution in [3.05, 3.63) is 29.8 Å². The zero-order valence-electron chi connectivity index (χ0n) is 8.01. The van der Waals surface area contributed by atoms with Gasteiger partial charge in [0, 0.05) is 26.3 Å². The molecule has 0 heterocycles. The van der Waals surface area contributed by atoms with Gasteiger partial charge in [0.25, 0.3) is 0 Å². The van der Waals surface area contributed by atoms with Gasteiger partial charge in [-0.05, 0) is 12.5 Å². The average Bonchev–Trinajstić information content (AvgIpc) is 2.16. The zero-order chi connectivity index (χ0) is 10.6. The first-order valence-corrected chi connectivity index (χ1v) is 4.11. The van der Waals surface area contributed by atoms with Crippen LogP contribution in [0.3, 0.4) is 0 Å². The monoisotopic (exact) mass is 290 g/mol. The first kappa shape index (κ1) is 13.8. The third-order valence-electron chi connectivity index (χ3n) is 1.70. The van der Waals surface area contributed by atoms with E-state index >= 15 is 0 Å². The van der Waals surface area contributed by atoms with Crippen molar-refractivity contribution in [2.75, 3.05) is 0 Å². The van der Waals surface area contributed by atoms with Crippen LogP contribution in [-0.4, -0.2) is 18.2 Å². The molecule has 5 heteroatoms. The molecule has 1 aromatic rings. The number of hydrogen-bond acceptors (Lipinski definition) is 4. The van der Waals surface area contributed by atoms with Crippen molar-refractivity contribution in [1.82, 2.24) is 0 Å². The fourth-order valence-electron chi connectivity index (χ4n) is 0.840. The smallest absolute Gasteiger partial charge is 0.0865 e. The van der Waals surface area contributed by atoms with Crippen LogP contribution in [0.1, 0.15) is 12.5 Å². The predicted octanol–water partition coefficient (Wildman–Crippen LogP) is -0.685. The van der Waals surface area contributed by atoms with Crippen LogP contribution in [0.2, 0.25) is 0 Å². The molecule has 0 fully saturated rings. The number of hydrogen-bond donors (Lipinski definition) is 0. The van der Waals surface area contributed by atoms with E-state index in [0.717, 1.165) is 0 Å². The summed E-state index contributed by atoms with van der Waals surface area (Å²) in [6.07, 6.45) is 1.25. The minimum Gasteiger partial charge on any atom is -0.872 e. The van der Waals surface area contributed by atoms with E-state index in [1.165, 1.54) is 19.2 Å². The van der Waals surface area contributed by atoms with Gasteiger partial charge in [-0.15, -0.1) is 5.75 Å². The van der Waals surface area contributed by atoms with E-state index in [9.17, 15) is 15.0 Å². The van der Waals surface area contributed by atoms with Crippen molar-refractivity contribution < 1.29 is 35.1 Å². The molecule has 0 amide bonds. The van der Waals surface area contributed by atoms with Crippen molar-refractivity contribution in [3.63, 3.8) is 0 Å². The number of aliphatic imine (C=N–C) groups is 1. The van der Waals surface area contributed by atoms with Crippen molar-refractivity contribution >= 4 is 12.2 Å². The van der Waals surface area contributed by atoms with Crippen LogP contribution in [0, 0.1) is 0 Å². The number of benzene rings is 1. The summed E-state index contributed by atoms with van der Waals surface area (Å²) in [5, 5.41) is 21.4. The van der Waals surface area contributed by atoms with Crippen molar-refractivity contribution in [3.8, 4) is 5.75 Å². The Hall–Kier alpha value is -1.19. The second-order valence-electron chi connectivity index (χ2n) is 2.81. The molecule has 0 saturated carbocycles. The molecular weight excluding hydrogens is 281 g/mol. The topological polar surface area (TPSA) is 75.5 Å². The van der Waals surface area contributed by atoms with Crippen molar-refractivity contribution in [2.24, 2.45) is 4.99 Å². The summed E-state index contributed by atoms with van der Waals surface area (Å²) in [7, 11) is 0. The summed E-state index contributed by atoms with van der Waals surface area (Å²) in [4.78, 5) is 14.0. The molecule has 0 aliphatic rings. The summed E-state index contributed by atoms with van der Waals surface area (Å²) in [6, 6.07) is 5.34. The summed E-state index contributed by atoms with van der Waals surface area (Å²) in [6.45, 7) is 1.39. The van der Waals surface area contributed by atoms with Crippen molar-refractivity contribution in [2.45, 2.75) is 13.0 Å². The molecule has 1 atom stereocenters. The molecule has 0 bridgehead atoms. The molecule has 0 spiro atoms. The van der Waals surface area contributed by atoms with Gasteiger partial charge < -0.3 is 15.0 Å². The fourth-order valence-corrected chi connectivity index (χ4v) is 0.840. The van der Waals surface area contributed by atoms with Crippen LogP contribution < -0.4 is 10.2 Å². The summed E-state index contributed by atoms with van der Waals surface area (Å²) in [5.41, 5.74) is 0.376. The van der Waals surface area contributed by atoms with Gasteiger partial charge in [-0.25, -0.2) is 0 Å². The van der Waals surface area contributed by atoms with Gasteiger partial charge in [-0.2, -0.15) is 0 Å². The van der Waals surface area contributed by atoms with E-state index in [0.29, 0.717) is 5.56 Å².